The molecule has 4 rings (SSSR count). The SMILES string of the molecule is COc1ccc(-c2noc(C(CCSC)N3C(=O)c4ccccc4C3=O)n2)cc1OC. The van der Waals surface area contributed by atoms with Crippen molar-refractivity contribution in [2.45, 2.75) is 12.5 Å². The van der Waals surface area contributed by atoms with Crippen molar-refractivity contribution < 1.29 is 23.6 Å². The van der Waals surface area contributed by atoms with Gasteiger partial charge in [-0.2, -0.15) is 16.7 Å². The summed E-state index contributed by atoms with van der Waals surface area (Å²) in [6, 6.07) is 11.4. The second-order valence-corrected chi connectivity index (χ2v) is 7.83. The van der Waals surface area contributed by atoms with E-state index in [0.29, 0.717) is 46.2 Å². The van der Waals surface area contributed by atoms with Gasteiger partial charge >= 0.3 is 0 Å². The number of thioether (sulfide) groups is 1. The number of methoxy groups -OCH3 is 2. The lowest BCUT2D eigenvalue weighted by atomic mass is 10.1. The normalized spacial score (nSPS) is 14.0. The van der Waals surface area contributed by atoms with Gasteiger partial charge in [0.1, 0.15) is 6.04 Å². The summed E-state index contributed by atoms with van der Waals surface area (Å²) in [7, 11) is 3.10. The summed E-state index contributed by atoms with van der Waals surface area (Å²) < 4.78 is 16.1. The highest BCUT2D eigenvalue weighted by Crippen LogP contribution is 2.35. The number of amides is 2. The van der Waals surface area contributed by atoms with Crippen molar-refractivity contribution >= 4 is 23.6 Å². The lowest BCUT2D eigenvalue weighted by Gasteiger charge is -2.22. The molecule has 3 aromatic rings. The Morgan fingerprint density at radius 1 is 1.03 bits per heavy atom. The van der Waals surface area contributed by atoms with E-state index in [1.165, 1.54) is 4.90 Å². The molecule has 0 saturated carbocycles. The number of fused-ring (bicyclic) bond motifs is 1. The van der Waals surface area contributed by atoms with E-state index in [1.807, 2.05) is 6.26 Å². The molecular formula is C22H21N3O5S. The summed E-state index contributed by atoms with van der Waals surface area (Å²) in [5.41, 5.74) is 1.45. The zero-order valence-electron chi connectivity index (χ0n) is 17.3. The Balaban J connectivity index is 1.69. The number of carbonyl (C=O) groups is 2. The van der Waals surface area contributed by atoms with Gasteiger partial charge in [0.05, 0.1) is 25.3 Å². The number of hydrogen-bond donors (Lipinski definition) is 0. The minimum Gasteiger partial charge on any atom is -0.493 e. The van der Waals surface area contributed by atoms with Crippen LogP contribution < -0.4 is 9.47 Å². The first-order valence-electron chi connectivity index (χ1n) is 9.61. The molecule has 1 aliphatic heterocycles. The second kappa shape index (κ2) is 8.81. The number of rotatable bonds is 8. The van der Waals surface area contributed by atoms with Gasteiger partial charge in [-0.15, -0.1) is 0 Å². The number of benzene rings is 2. The van der Waals surface area contributed by atoms with E-state index >= 15 is 0 Å². The molecule has 0 bridgehead atoms. The zero-order chi connectivity index (χ0) is 22.0. The van der Waals surface area contributed by atoms with Crippen molar-refractivity contribution in [2.24, 2.45) is 0 Å². The predicted molar refractivity (Wildman–Crippen MR) is 116 cm³/mol. The summed E-state index contributed by atoms with van der Waals surface area (Å²) in [6.07, 6.45) is 2.46. The molecule has 0 spiro atoms. The molecule has 2 amide bonds. The molecule has 31 heavy (non-hydrogen) atoms. The Kier molecular flexibility index (Phi) is 5.94. The van der Waals surface area contributed by atoms with Gasteiger partial charge in [0, 0.05) is 5.56 Å². The van der Waals surface area contributed by atoms with E-state index in [9.17, 15) is 9.59 Å². The number of aromatic nitrogens is 2. The van der Waals surface area contributed by atoms with Crippen LogP contribution in [0.2, 0.25) is 0 Å². The van der Waals surface area contributed by atoms with Crippen LogP contribution in [0.3, 0.4) is 0 Å². The third kappa shape index (κ3) is 3.76. The van der Waals surface area contributed by atoms with E-state index in [0.717, 1.165) is 0 Å². The molecule has 1 aromatic heterocycles. The summed E-state index contributed by atoms with van der Waals surface area (Å²) in [5.74, 6) is 1.68. The first-order chi connectivity index (χ1) is 15.1. The lowest BCUT2D eigenvalue weighted by Crippen LogP contribution is -2.34. The molecule has 0 fully saturated rings. The highest BCUT2D eigenvalue weighted by Gasteiger charge is 2.42. The van der Waals surface area contributed by atoms with Gasteiger partial charge in [-0.3, -0.25) is 14.5 Å². The van der Waals surface area contributed by atoms with Gasteiger partial charge in [-0.05, 0) is 48.8 Å². The quantitative estimate of drug-likeness (QED) is 0.489. The third-order valence-corrected chi connectivity index (χ3v) is 5.75. The van der Waals surface area contributed by atoms with Crippen LogP contribution in [0, 0.1) is 0 Å². The van der Waals surface area contributed by atoms with Gasteiger partial charge in [0.2, 0.25) is 11.7 Å². The van der Waals surface area contributed by atoms with Crippen molar-refractivity contribution in [2.75, 3.05) is 26.2 Å². The number of hydrogen-bond acceptors (Lipinski definition) is 8. The molecule has 0 N–H and O–H groups in total. The van der Waals surface area contributed by atoms with Crippen LogP contribution in [0.15, 0.2) is 47.0 Å². The van der Waals surface area contributed by atoms with Crippen LogP contribution in [0.4, 0.5) is 0 Å². The van der Waals surface area contributed by atoms with Crippen molar-refractivity contribution in [1.29, 1.82) is 0 Å². The molecule has 9 heteroatoms. The maximum atomic E-state index is 13.0. The van der Waals surface area contributed by atoms with E-state index in [2.05, 4.69) is 10.1 Å². The highest BCUT2D eigenvalue weighted by molar-refractivity contribution is 7.98. The van der Waals surface area contributed by atoms with Gasteiger partial charge in [0.25, 0.3) is 11.8 Å². The average Bonchev–Trinajstić information content (AvgIpc) is 3.39. The smallest absolute Gasteiger partial charge is 0.262 e. The number of ether oxygens (including phenoxy) is 2. The van der Waals surface area contributed by atoms with E-state index in [4.69, 9.17) is 14.0 Å². The van der Waals surface area contributed by atoms with Crippen LogP contribution in [0.5, 0.6) is 11.5 Å². The summed E-state index contributed by atoms with van der Waals surface area (Å²) in [6.45, 7) is 0. The zero-order valence-corrected chi connectivity index (χ0v) is 18.1. The van der Waals surface area contributed by atoms with Crippen molar-refractivity contribution in [3.05, 3.63) is 59.5 Å². The van der Waals surface area contributed by atoms with Crippen LogP contribution in [-0.4, -0.2) is 53.1 Å². The predicted octanol–water partition coefficient (Wildman–Crippen LogP) is 3.84. The third-order valence-electron chi connectivity index (χ3n) is 5.10. The molecule has 1 unspecified atom stereocenters. The maximum absolute atomic E-state index is 13.0. The van der Waals surface area contributed by atoms with Crippen LogP contribution in [-0.2, 0) is 0 Å². The number of imide groups is 1. The van der Waals surface area contributed by atoms with Gasteiger partial charge in [-0.1, -0.05) is 17.3 Å². The van der Waals surface area contributed by atoms with E-state index in [1.54, 1.807) is 68.4 Å². The molecule has 0 radical (unpaired) electrons. The fourth-order valence-corrected chi connectivity index (χ4v) is 4.01. The van der Waals surface area contributed by atoms with Crippen LogP contribution in [0.1, 0.15) is 39.1 Å². The monoisotopic (exact) mass is 439 g/mol. The van der Waals surface area contributed by atoms with E-state index < -0.39 is 6.04 Å². The van der Waals surface area contributed by atoms with Gasteiger partial charge in [-0.25, -0.2) is 0 Å². The molecular weight excluding hydrogens is 418 g/mol. The summed E-state index contributed by atoms with van der Waals surface area (Å²) >= 11 is 1.61. The molecule has 8 nitrogen and oxygen atoms in total. The van der Waals surface area contributed by atoms with Crippen molar-refractivity contribution in [3.8, 4) is 22.9 Å². The standard InChI is InChI=1S/C22H21N3O5S/c1-28-17-9-8-13(12-18(17)29-2)19-23-20(30-24-19)16(10-11-31-3)25-21(26)14-6-4-5-7-15(14)22(25)27/h4-9,12,16H,10-11H2,1-3H3. The first kappa shape index (κ1) is 20.9. The Morgan fingerprint density at radius 3 is 2.32 bits per heavy atom. The van der Waals surface area contributed by atoms with Crippen LogP contribution in [0.25, 0.3) is 11.4 Å². The number of nitrogens with zero attached hydrogens (tertiary/aromatic N) is 3. The van der Waals surface area contributed by atoms with E-state index in [-0.39, 0.29) is 17.7 Å². The Morgan fingerprint density at radius 2 is 1.71 bits per heavy atom. The largest absolute Gasteiger partial charge is 0.493 e. The fraction of sp³-hybridized carbons (Fsp3) is 0.273. The molecule has 0 saturated heterocycles. The van der Waals surface area contributed by atoms with Crippen molar-refractivity contribution in [3.63, 3.8) is 0 Å². The maximum Gasteiger partial charge on any atom is 0.262 e. The van der Waals surface area contributed by atoms with Gasteiger partial charge < -0.3 is 14.0 Å². The first-order valence-corrected chi connectivity index (χ1v) is 11.0. The van der Waals surface area contributed by atoms with Crippen LogP contribution >= 0.6 is 11.8 Å². The second-order valence-electron chi connectivity index (χ2n) is 6.85. The molecule has 1 atom stereocenters. The fourth-order valence-electron chi connectivity index (χ4n) is 3.55. The topological polar surface area (TPSA) is 94.8 Å². The minimum atomic E-state index is -0.652. The molecule has 2 heterocycles. The molecule has 2 aromatic carbocycles. The average molecular weight is 439 g/mol. The summed E-state index contributed by atoms with van der Waals surface area (Å²) in [5, 5.41) is 4.08. The minimum absolute atomic E-state index is 0.216. The van der Waals surface area contributed by atoms with Crippen molar-refractivity contribution in [1.82, 2.24) is 15.0 Å². The molecule has 160 valence electrons. The Bertz CT molecular complexity index is 1090. The highest BCUT2D eigenvalue weighted by atomic mass is 32.2. The summed E-state index contributed by atoms with van der Waals surface area (Å²) in [4.78, 5) is 31.7. The molecule has 0 aliphatic carbocycles. The molecule has 1 aliphatic rings. The Labute approximate surface area is 183 Å². The number of carbonyl (C=O) groups excluding carboxylic acids is 2. The lowest BCUT2D eigenvalue weighted by molar-refractivity contribution is 0.0548. The van der Waals surface area contributed by atoms with Gasteiger partial charge in [0.15, 0.2) is 11.5 Å². The Hall–Kier alpha value is -3.33.